The molecule has 2 heterocycles. The van der Waals surface area contributed by atoms with Gasteiger partial charge in [-0.2, -0.15) is 0 Å². The maximum absolute atomic E-state index is 6.15. The predicted molar refractivity (Wildman–Crippen MR) is 85.1 cm³/mol. The van der Waals surface area contributed by atoms with Crippen LogP contribution in [0, 0.1) is 0 Å². The number of benzene rings is 1. The van der Waals surface area contributed by atoms with Crippen molar-refractivity contribution in [3.8, 4) is 0 Å². The number of anilines is 2. The summed E-state index contributed by atoms with van der Waals surface area (Å²) >= 11 is 0. The minimum Gasteiger partial charge on any atom is -0.396 e. The Morgan fingerprint density at radius 3 is 3.00 bits per heavy atom. The van der Waals surface area contributed by atoms with Gasteiger partial charge >= 0.3 is 0 Å². The molecule has 1 saturated heterocycles. The van der Waals surface area contributed by atoms with Crippen LogP contribution in [0.15, 0.2) is 24.4 Å². The Morgan fingerprint density at radius 1 is 1.45 bits per heavy atom. The Kier molecular flexibility index (Phi) is 3.49. The fourth-order valence-corrected chi connectivity index (χ4v) is 2.89. The number of nitrogen functional groups attached to an aromatic ring is 1. The number of nitrogens with two attached hydrogens (primary N) is 1. The zero-order valence-electron chi connectivity index (χ0n) is 12.2. The predicted octanol–water partition coefficient (Wildman–Crippen LogP) is 2.50. The lowest BCUT2D eigenvalue weighted by atomic mass is 10.1. The highest BCUT2D eigenvalue weighted by atomic mass is 15.2. The van der Waals surface area contributed by atoms with Crippen molar-refractivity contribution in [2.24, 2.45) is 0 Å². The van der Waals surface area contributed by atoms with Crippen molar-refractivity contribution in [3.05, 3.63) is 30.0 Å². The first-order valence-electron chi connectivity index (χ1n) is 7.29. The van der Waals surface area contributed by atoms with E-state index < -0.39 is 0 Å². The fraction of sp³-hybridized carbons (Fsp3) is 0.438. The molecule has 4 nitrogen and oxygen atoms in total. The number of nitrogens with one attached hydrogen (secondary N) is 1. The third-order valence-electron chi connectivity index (χ3n) is 4.11. The van der Waals surface area contributed by atoms with Crippen molar-refractivity contribution >= 4 is 22.3 Å². The van der Waals surface area contributed by atoms with Gasteiger partial charge in [0.1, 0.15) is 0 Å². The fourth-order valence-electron chi connectivity index (χ4n) is 2.89. The number of nitrogens with zero attached hydrogens (tertiary/aromatic N) is 2. The van der Waals surface area contributed by atoms with E-state index in [4.69, 9.17) is 5.73 Å². The highest BCUT2D eigenvalue weighted by Crippen LogP contribution is 2.30. The molecule has 0 bridgehead atoms. The largest absolute Gasteiger partial charge is 0.396 e. The van der Waals surface area contributed by atoms with Gasteiger partial charge in [0.2, 0.25) is 0 Å². The lowest BCUT2D eigenvalue weighted by Gasteiger charge is -2.18. The summed E-state index contributed by atoms with van der Waals surface area (Å²) in [4.78, 5) is 6.77. The first-order valence-corrected chi connectivity index (χ1v) is 7.29. The maximum Gasteiger partial charge on any atom is 0.0743 e. The third kappa shape index (κ3) is 2.43. The molecule has 1 atom stereocenters. The standard InChI is InChI=1S/C16H22N4/c1-3-11-4-5-15-13(8-11)16(14(17)9-18-15)19-12-6-7-20(2)10-12/h4-5,8-9,12H,3,6-7,10,17H2,1-2H3,(H,18,19). The number of aromatic nitrogens is 1. The topological polar surface area (TPSA) is 54.2 Å². The van der Waals surface area contributed by atoms with Gasteiger partial charge in [0.05, 0.1) is 23.1 Å². The third-order valence-corrected chi connectivity index (χ3v) is 4.11. The molecule has 4 heteroatoms. The number of likely N-dealkylation sites (tertiary alicyclic amines) is 1. The highest BCUT2D eigenvalue weighted by Gasteiger charge is 2.20. The number of fused-ring (bicyclic) bond motifs is 1. The van der Waals surface area contributed by atoms with Crippen molar-refractivity contribution in [2.45, 2.75) is 25.8 Å². The molecular formula is C16H22N4. The van der Waals surface area contributed by atoms with Gasteiger partial charge in [0.25, 0.3) is 0 Å². The average molecular weight is 270 g/mol. The van der Waals surface area contributed by atoms with Crippen LogP contribution in [-0.2, 0) is 6.42 Å². The van der Waals surface area contributed by atoms with Crippen molar-refractivity contribution in [2.75, 3.05) is 31.2 Å². The number of pyridine rings is 1. The molecule has 20 heavy (non-hydrogen) atoms. The molecule has 1 aromatic carbocycles. The van der Waals surface area contributed by atoms with Crippen LogP contribution in [0.2, 0.25) is 0 Å². The number of aryl methyl sites for hydroxylation is 1. The van der Waals surface area contributed by atoms with Crippen LogP contribution >= 0.6 is 0 Å². The second kappa shape index (κ2) is 5.29. The normalized spacial score (nSPS) is 19.6. The van der Waals surface area contributed by atoms with Crippen LogP contribution in [0.1, 0.15) is 18.9 Å². The number of likely N-dealkylation sites (N-methyl/N-ethyl adjacent to an activating group) is 1. The molecule has 0 aliphatic carbocycles. The molecule has 3 N–H and O–H groups in total. The zero-order chi connectivity index (χ0) is 14.1. The summed E-state index contributed by atoms with van der Waals surface area (Å²) in [6.45, 7) is 4.37. The molecule has 2 aromatic rings. The van der Waals surface area contributed by atoms with E-state index in [9.17, 15) is 0 Å². The van der Waals surface area contributed by atoms with Gasteiger partial charge in [0, 0.05) is 18.0 Å². The van der Waals surface area contributed by atoms with Gasteiger partial charge in [-0.3, -0.25) is 4.98 Å². The van der Waals surface area contributed by atoms with E-state index in [1.54, 1.807) is 6.20 Å². The molecule has 1 aliphatic rings. The van der Waals surface area contributed by atoms with Gasteiger partial charge in [-0.1, -0.05) is 13.0 Å². The van der Waals surface area contributed by atoms with E-state index in [1.165, 1.54) is 5.56 Å². The Bertz CT molecular complexity index is 623. The molecule has 0 spiro atoms. The quantitative estimate of drug-likeness (QED) is 0.899. The summed E-state index contributed by atoms with van der Waals surface area (Å²) in [5.74, 6) is 0. The average Bonchev–Trinajstić information content (AvgIpc) is 2.87. The van der Waals surface area contributed by atoms with Crippen molar-refractivity contribution in [1.29, 1.82) is 0 Å². The van der Waals surface area contributed by atoms with Crippen LogP contribution < -0.4 is 11.1 Å². The van der Waals surface area contributed by atoms with E-state index in [0.29, 0.717) is 6.04 Å². The maximum atomic E-state index is 6.15. The van der Waals surface area contributed by atoms with Crippen molar-refractivity contribution < 1.29 is 0 Å². The lowest BCUT2D eigenvalue weighted by Crippen LogP contribution is -2.24. The van der Waals surface area contributed by atoms with Crippen LogP contribution in [0.5, 0.6) is 0 Å². The summed E-state index contributed by atoms with van der Waals surface area (Å²) < 4.78 is 0. The van der Waals surface area contributed by atoms with Crippen LogP contribution in [-0.4, -0.2) is 36.1 Å². The summed E-state index contributed by atoms with van der Waals surface area (Å²) in [6.07, 6.45) is 3.94. The van der Waals surface area contributed by atoms with Crippen LogP contribution in [0.4, 0.5) is 11.4 Å². The molecular weight excluding hydrogens is 248 g/mol. The minimum atomic E-state index is 0.471. The highest BCUT2D eigenvalue weighted by molar-refractivity contribution is 5.97. The summed E-state index contributed by atoms with van der Waals surface area (Å²) in [7, 11) is 2.16. The van der Waals surface area contributed by atoms with Crippen LogP contribution in [0.3, 0.4) is 0 Å². The van der Waals surface area contributed by atoms with E-state index >= 15 is 0 Å². The molecule has 0 saturated carbocycles. The van der Waals surface area contributed by atoms with E-state index in [2.05, 4.69) is 47.4 Å². The molecule has 1 fully saturated rings. The second-order valence-corrected chi connectivity index (χ2v) is 5.69. The van der Waals surface area contributed by atoms with Gasteiger partial charge in [0.15, 0.2) is 0 Å². The van der Waals surface area contributed by atoms with Crippen molar-refractivity contribution in [1.82, 2.24) is 9.88 Å². The molecule has 1 aliphatic heterocycles. The number of rotatable bonds is 3. The second-order valence-electron chi connectivity index (χ2n) is 5.69. The first kappa shape index (κ1) is 13.2. The van der Waals surface area contributed by atoms with E-state index in [0.717, 1.165) is 48.2 Å². The number of hydrogen-bond donors (Lipinski definition) is 2. The number of hydrogen-bond acceptors (Lipinski definition) is 4. The van der Waals surface area contributed by atoms with E-state index in [1.807, 2.05) is 0 Å². The minimum absolute atomic E-state index is 0.471. The first-order chi connectivity index (χ1) is 9.67. The Hall–Kier alpha value is -1.81. The Morgan fingerprint density at radius 2 is 2.30 bits per heavy atom. The molecule has 0 radical (unpaired) electrons. The van der Waals surface area contributed by atoms with Gasteiger partial charge < -0.3 is 16.0 Å². The molecule has 1 unspecified atom stereocenters. The molecule has 106 valence electrons. The zero-order valence-corrected chi connectivity index (χ0v) is 12.2. The summed E-state index contributed by atoms with van der Waals surface area (Å²) in [5.41, 5.74) is 10.3. The van der Waals surface area contributed by atoms with Gasteiger partial charge in [-0.05, 0) is 44.1 Å². The Balaban J connectivity index is 2.01. The summed E-state index contributed by atoms with van der Waals surface area (Å²) in [5, 5.41) is 4.77. The van der Waals surface area contributed by atoms with Gasteiger partial charge in [-0.15, -0.1) is 0 Å². The molecule has 1 aromatic heterocycles. The summed E-state index contributed by atoms with van der Waals surface area (Å²) in [6, 6.07) is 6.90. The monoisotopic (exact) mass is 270 g/mol. The van der Waals surface area contributed by atoms with Crippen LogP contribution in [0.25, 0.3) is 10.9 Å². The van der Waals surface area contributed by atoms with Crippen molar-refractivity contribution in [3.63, 3.8) is 0 Å². The molecule has 0 amide bonds. The SMILES string of the molecule is CCc1ccc2ncc(N)c(NC3CCN(C)C3)c2c1. The smallest absolute Gasteiger partial charge is 0.0743 e. The van der Waals surface area contributed by atoms with Gasteiger partial charge in [-0.25, -0.2) is 0 Å². The Labute approximate surface area is 120 Å². The van der Waals surface area contributed by atoms with E-state index in [-0.39, 0.29) is 0 Å². The lowest BCUT2D eigenvalue weighted by molar-refractivity contribution is 0.414. The molecule has 3 rings (SSSR count).